The zero-order chi connectivity index (χ0) is 8.20. The maximum atomic E-state index is 10.3. The van der Waals surface area contributed by atoms with Crippen LogP contribution in [0.2, 0.25) is 0 Å². The first-order valence-electron chi connectivity index (χ1n) is 2.56. The molecule has 0 aromatic heterocycles. The fourth-order valence-electron chi connectivity index (χ4n) is 0.242. The van der Waals surface area contributed by atoms with Crippen LogP contribution in [0.1, 0.15) is 13.3 Å². The molecule has 0 heterocycles. The van der Waals surface area contributed by atoms with Crippen LogP contribution in [-0.2, 0) is 19.6 Å². The molecule has 0 aromatic rings. The average molecular weight is 176 g/mol. The van der Waals surface area contributed by atoms with Crippen molar-refractivity contribution in [2.75, 3.05) is 5.94 Å². The van der Waals surface area contributed by atoms with Crippen molar-refractivity contribution in [1.29, 1.82) is 0 Å². The van der Waals surface area contributed by atoms with E-state index in [2.05, 4.69) is 4.74 Å². The predicted octanol–water partition coefficient (Wildman–Crippen LogP) is -0.864. The Bertz CT molecular complexity index is 209. The predicted molar refractivity (Wildman–Crippen MR) is 39.9 cm³/mol. The fourth-order valence-corrected chi connectivity index (χ4v) is 0.523. The van der Waals surface area contributed by atoms with Gasteiger partial charge in [-0.25, -0.2) is 0 Å². The molecule has 0 fully saturated rings. The van der Waals surface area contributed by atoms with E-state index in [9.17, 15) is 13.2 Å². The summed E-state index contributed by atoms with van der Waals surface area (Å²) in [5, 5.41) is 0. The third kappa shape index (κ3) is 9.98. The van der Waals surface area contributed by atoms with Crippen LogP contribution in [0.25, 0.3) is 0 Å². The summed E-state index contributed by atoms with van der Waals surface area (Å²) >= 11 is 0. The van der Waals surface area contributed by atoms with E-state index in [0.717, 1.165) is 0 Å². The summed E-state index contributed by atoms with van der Waals surface area (Å²) < 4.78 is 32.0. The second kappa shape index (κ2) is 5.61. The van der Waals surface area contributed by atoms with E-state index >= 15 is 0 Å². The molecule has 0 unspecified atom stereocenters. The summed E-state index contributed by atoms with van der Waals surface area (Å²) in [5.41, 5.74) is 0. The number of carbonyl (C=O) groups is 1. The van der Waals surface area contributed by atoms with Crippen molar-refractivity contribution in [3.05, 3.63) is 0 Å². The van der Waals surface area contributed by atoms with Crippen molar-refractivity contribution >= 4 is 34.9 Å². The summed E-state index contributed by atoms with van der Waals surface area (Å²) in [6.07, 6.45) is 0.0928. The Labute approximate surface area is 77.0 Å². The van der Waals surface area contributed by atoms with E-state index < -0.39 is 22.0 Å². The SMILES string of the molecule is CCC(=O)OCS(=O)(=O)O.[LiH]. The van der Waals surface area contributed by atoms with Crippen LogP contribution in [0.3, 0.4) is 0 Å². The summed E-state index contributed by atoms with van der Waals surface area (Å²) in [5.74, 6) is -1.61. The van der Waals surface area contributed by atoms with Gasteiger partial charge < -0.3 is 4.74 Å². The Kier molecular flexibility index (Phi) is 6.91. The molecule has 0 aliphatic rings. The quantitative estimate of drug-likeness (QED) is 0.343. The Morgan fingerprint density at radius 2 is 2.00 bits per heavy atom. The summed E-state index contributed by atoms with van der Waals surface area (Å²) in [6.45, 7) is 1.52. The van der Waals surface area contributed by atoms with Crippen molar-refractivity contribution < 1.29 is 22.5 Å². The molecule has 0 aromatic carbocycles. The van der Waals surface area contributed by atoms with Gasteiger partial charge in [-0.3, -0.25) is 9.35 Å². The Morgan fingerprint density at radius 1 is 1.55 bits per heavy atom. The zero-order valence-electron chi connectivity index (χ0n) is 5.40. The summed E-state index contributed by atoms with van der Waals surface area (Å²) in [4.78, 5) is 10.3. The van der Waals surface area contributed by atoms with Crippen LogP contribution in [0.4, 0.5) is 0 Å². The molecule has 0 rings (SSSR count). The molecule has 7 heteroatoms. The molecule has 62 valence electrons. The minimum atomic E-state index is -4.17. The number of carbonyl (C=O) groups excluding carboxylic acids is 1. The van der Waals surface area contributed by atoms with Crippen LogP contribution in [0.5, 0.6) is 0 Å². The molecule has 0 aliphatic heterocycles. The van der Waals surface area contributed by atoms with Crippen molar-refractivity contribution in [3.8, 4) is 0 Å². The number of hydrogen-bond acceptors (Lipinski definition) is 4. The molecule has 0 spiro atoms. The maximum absolute atomic E-state index is 10.3. The van der Waals surface area contributed by atoms with Crippen molar-refractivity contribution in [3.63, 3.8) is 0 Å². The average Bonchev–Trinajstić information content (AvgIpc) is 1.81. The molecular weight excluding hydrogens is 167 g/mol. The Morgan fingerprint density at radius 3 is 2.27 bits per heavy atom. The van der Waals surface area contributed by atoms with Gasteiger partial charge in [-0.1, -0.05) is 6.92 Å². The molecule has 0 saturated carbocycles. The van der Waals surface area contributed by atoms with E-state index in [1.165, 1.54) is 6.92 Å². The third-order valence-electron chi connectivity index (χ3n) is 0.658. The second-order valence-electron chi connectivity index (χ2n) is 1.57. The van der Waals surface area contributed by atoms with Crippen LogP contribution in [0.15, 0.2) is 0 Å². The van der Waals surface area contributed by atoms with E-state index in [0.29, 0.717) is 0 Å². The van der Waals surface area contributed by atoms with Gasteiger partial charge in [-0.05, 0) is 0 Å². The second-order valence-corrected chi connectivity index (χ2v) is 2.97. The number of rotatable bonds is 3. The van der Waals surface area contributed by atoms with Gasteiger partial charge in [-0.15, -0.1) is 0 Å². The van der Waals surface area contributed by atoms with Crippen LogP contribution in [-0.4, -0.2) is 43.7 Å². The first-order valence-corrected chi connectivity index (χ1v) is 4.17. The zero-order valence-corrected chi connectivity index (χ0v) is 6.22. The van der Waals surface area contributed by atoms with E-state index in [4.69, 9.17) is 4.55 Å². The van der Waals surface area contributed by atoms with E-state index in [1.54, 1.807) is 0 Å². The molecular formula is C4H9LiO5S. The van der Waals surface area contributed by atoms with Crippen molar-refractivity contribution in [2.45, 2.75) is 13.3 Å². The Hall–Kier alpha value is -0.0226. The first kappa shape index (κ1) is 13.6. The molecule has 0 amide bonds. The van der Waals surface area contributed by atoms with E-state index in [-0.39, 0.29) is 25.3 Å². The first-order chi connectivity index (χ1) is 4.45. The molecule has 0 saturated heterocycles. The van der Waals surface area contributed by atoms with Crippen LogP contribution >= 0.6 is 0 Å². The van der Waals surface area contributed by atoms with Crippen molar-refractivity contribution in [1.82, 2.24) is 0 Å². The minimum absolute atomic E-state index is 0. The topological polar surface area (TPSA) is 80.7 Å². The normalized spacial score (nSPS) is 10.0. The number of ether oxygens (including phenoxy) is 1. The summed E-state index contributed by atoms with van der Waals surface area (Å²) in [6, 6.07) is 0. The Balaban J connectivity index is 0. The fraction of sp³-hybridized carbons (Fsp3) is 0.750. The number of hydrogen-bond donors (Lipinski definition) is 1. The van der Waals surface area contributed by atoms with Gasteiger partial charge >= 0.3 is 34.9 Å². The summed E-state index contributed by atoms with van der Waals surface area (Å²) in [7, 11) is -4.17. The standard InChI is InChI=1S/C4H8O5S.Li.H/c1-2-4(5)9-3-10(6,7)8;;/h2-3H2,1H3,(H,6,7,8);;. The molecule has 1 N–H and O–H groups in total. The molecule has 11 heavy (non-hydrogen) atoms. The monoisotopic (exact) mass is 176 g/mol. The molecule has 5 nitrogen and oxygen atoms in total. The van der Waals surface area contributed by atoms with Gasteiger partial charge in [0.25, 0.3) is 0 Å². The van der Waals surface area contributed by atoms with Crippen molar-refractivity contribution in [2.24, 2.45) is 0 Å². The molecule has 0 aliphatic carbocycles. The van der Waals surface area contributed by atoms with Gasteiger partial charge in [0.05, 0.1) is 0 Å². The molecule has 0 bridgehead atoms. The van der Waals surface area contributed by atoms with Gasteiger partial charge in [0.2, 0.25) is 5.94 Å². The molecule has 0 radical (unpaired) electrons. The molecule has 0 atom stereocenters. The van der Waals surface area contributed by atoms with Gasteiger partial charge in [0.1, 0.15) is 0 Å². The third-order valence-corrected chi connectivity index (χ3v) is 1.07. The van der Waals surface area contributed by atoms with Gasteiger partial charge in [-0.2, -0.15) is 8.42 Å². The van der Waals surface area contributed by atoms with Crippen LogP contribution < -0.4 is 0 Å². The van der Waals surface area contributed by atoms with E-state index in [1.807, 2.05) is 0 Å². The van der Waals surface area contributed by atoms with Gasteiger partial charge in [0.15, 0.2) is 0 Å². The van der Waals surface area contributed by atoms with Gasteiger partial charge in [0, 0.05) is 6.42 Å². The van der Waals surface area contributed by atoms with Crippen LogP contribution in [0, 0.1) is 0 Å². The number of esters is 1.